The molecule has 1 amide bonds. The predicted octanol–water partition coefficient (Wildman–Crippen LogP) is 1.39. The lowest BCUT2D eigenvalue weighted by molar-refractivity contribution is -0.116. The molecule has 0 aromatic carbocycles. The third-order valence-corrected chi connectivity index (χ3v) is 0.879. The van der Waals surface area contributed by atoms with Crippen molar-refractivity contribution in [2.45, 2.75) is 20.3 Å². The lowest BCUT2D eigenvalue weighted by atomic mass is 10.4. The average Bonchev–Trinajstić information content (AvgIpc) is 1.82. The van der Waals surface area contributed by atoms with E-state index in [2.05, 4.69) is 5.32 Å². The van der Waals surface area contributed by atoms with Crippen LogP contribution in [0.3, 0.4) is 0 Å². The van der Waals surface area contributed by atoms with Gasteiger partial charge in [-0.3, -0.25) is 4.79 Å². The highest BCUT2D eigenvalue weighted by Crippen LogP contribution is 1.90. The Bertz CT molecular complexity index is 139. The van der Waals surface area contributed by atoms with Crippen LogP contribution in [0, 0.1) is 0 Å². The molecule has 0 radical (unpaired) electrons. The number of hydrogen-bond acceptors (Lipinski definition) is 1. The molecule has 0 aliphatic heterocycles. The third kappa shape index (κ3) is 5.28. The Hall–Kier alpha value is -0.860. The van der Waals surface area contributed by atoms with Gasteiger partial charge in [-0.05, 0) is 13.3 Å². The summed E-state index contributed by atoms with van der Waals surface area (Å²) in [6, 6.07) is 0. The molecule has 0 aromatic heterocycles. The molecule has 0 aliphatic carbocycles. The molecule has 1 N–H and O–H groups in total. The van der Waals surface area contributed by atoms with Gasteiger partial charge in [-0.2, -0.15) is 0 Å². The summed E-state index contributed by atoms with van der Waals surface area (Å²) in [6.07, 6.45) is 1.81. The fourth-order valence-corrected chi connectivity index (χ4v) is 0.480. The highest BCUT2D eigenvalue weighted by molar-refractivity contribution is 5.87. The van der Waals surface area contributed by atoms with Gasteiger partial charge in [0.15, 0.2) is 0 Å². The third-order valence-electron chi connectivity index (χ3n) is 0.879. The first-order valence-corrected chi connectivity index (χ1v) is 3.28. The van der Waals surface area contributed by atoms with Gasteiger partial charge in [0.1, 0.15) is 5.83 Å². The number of carbonyl (C=O) groups excluding carboxylic acids is 1. The minimum atomic E-state index is -0.464. The Balaban J connectivity index is 3.54. The van der Waals surface area contributed by atoms with E-state index >= 15 is 0 Å². The summed E-state index contributed by atoms with van der Waals surface area (Å²) in [5, 5.41) is 2.51. The molecule has 0 bridgehead atoms. The summed E-state index contributed by atoms with van der Waals surface area (Å²) in [6.45, 7) is 3.78. The molecule has 0 aromatic rings. The topological polar surface area (TPSA) is 29.1 Å². The van der Waals surface area contributed by atoms with Gasteiger partial charge in [-0.15, -0.1) is 0 Å². The number of halogens is 1. The van der Waals surface area contributed by atoms with Crippen molar-refractivity contribution in [3.05, 3.63) is 11.9 Å². The summed E-state index contributed by atoms with van der Waals surface area (Å²) in [7, 11) is 0. The quantitative estimate of drug-likeness (QED) is 0.597. The molecule has 58 valence electrons. The minimum absolute atomic E-state index is 0.359. The average molecular weight is 145 g/mol. The van der Waals surface area contributed by atoms with Crippen molar-refractivity contribution in [2.75, 3.05) is 6.54 Å². The summed E-state index contributed by atoms with van der Waals surface area (Å²) >= 11 is 0. The molecule has 2 nitrogen and oxygen atoms in total. The second-order valence-electron chi connectivity index (χ2n) is 2.02. The summed E-state index contributed by atoms with van der Waals surface area (Å²) in [5.41, 5.74) is 0. The minimum Gasteiger partial charge on any atom is -0.352 e. The SMILES string of the molecule is CCCNC(=O)/C=C(/C)F. The van der Waals surface area contributed by atoms with E-state index in [4.69, 9.17) is 0 Å². The second-order valence-corrected chi connectivity index (χ2v) is 2.02. The Labute approximate surface area is 60.1 Å². The zero-order chi connectivity index (χ0) is 7.98. The lowest BCUT2D eigenvalue weighted by Crippen LogP contribution is -2.21. The van der Waals surface area contributed by atoms with Crippen LogP contribution in [0.4, 0.5) is 4.39 Å². The van der Waals surface area contributed by atoms with Crippen molar-refractivity contribution in [3.63, 3.8) is 0 Å². The van der Waals surface area contributed by atoms with Gasteiger partial charge >= 0.3 is 0 Å². The largest absolute Gasteiger partial charge is 0.352 e. The molecule has 0 atom stereocenters. The summed E-state index contributed by atoms with van der Waals surface area (Å²) < 4.78 is 12.0. The van der Waals surface area contributed by atoms with Crippen molar-refractivity contribution in [2.24, 2.45) is 0 Å². The van der Waals surface area contributed by atoms with E-state index < -0.39 is 5.83 Å². The van der Waals surface area contributed by atoms with Crippen LogP contribution in [0.25, 0.3) is 0 Å². The molecule has 0 spiro atoms. The number of nitrogens with one attached hydrogen (secondary N) is 1. The van der Waals surface area contributed by atoms with E-state index in [1.165, 1.54) is 6.92 Å². The van der Waals surface area contributed by atoms with Gasteiger partial charge in [-0.25, -0.2) is 4.39 Å². The summed E-state index contributed by atoms with van der Waals surface area (Å²) in [4.78, 5) is 10.6. The number of amides is 1. The van der Waals surface area contributed by atoms with E-state index in [0.29, 0.717) is 6.54 Å². The van der Waals surface area contributed by atoms with Crippen LogP contribution in [0.2, 0.25) is 0 Å². The maximum atomic E-state index is 12.0. The standard InChI is InChI=1S/C7H12FNO/c1-3-4-9-7(10)5-6(2)8/h5H,3-4H2,1-2H3,(H,9,10)/b6-5-. The molecule has 0 heterocycles. The van der Waals surface area contributed by atoms with Crippen LogP contribution in [-0.4, -0.2) is 12.5 Å². The van der Waals surface area contributed by atoms with Crippen molar-refractivity contribution in [1.29, 1.82) is 0 Å². The molecular formula is C7H12FNO. The van der Waals surface area contributed by atoms with E-state index in [0.717, 1.165) is 12.5 Å². The smallest absolute Gasteiger partial charge is 0.246 e. The normalized spacial score (nSPS) is 11.3. The molecule has 0 saturated carbocycles. The van der Waals surface area contributed by atoms with Crippen LogP contribution in [0.1, 0.15) is 20.3 Å². The van der Waals surface area contributed by atoms with E-state index in [1.54, 1.807) is 0 Å². The number of allylic oxidation sites excluding steroid dienone is 1. The Kier molecular flexibility index (Phi) is 4.54. The lowest BCUT2D eigenvalue weighted by Gasteiger charge is -1.96. The van der Waals surface area contributed by atoms with Crippen molar-refractivity contribution >= 4 is 5.91 Å². The van der Waals surface area contributed by atoms with Crippen molar-refractivity contribution in [3.8, 4) is 0 Å². The fraction of sp³-hybridized carbons (Fsp3) is 0.571. The first kappa shape index (κ1) is 9.14. The maximum Gasteiger partial charge on any atom is 0.246 e. The maximum absolute atomic E-state index is 12.0. The van der Waals surface area contributed by atoms with E-state index in [9.17, 15) is 9.18 Å². The second kappa shape index (κ2) is 4.97. The van der Waals surface area contributed by atoms with Gasteiger partial charge in [0.25, 0.3) is 0 Å². The zero-order valence-corrected chi connectivity index (χ0v) is 6.28. The molecule has 0 aliphatic rings. The van der Waals surface area contributed by atoms with E-state index in [-0.39, 0.29) is 5.91 Å². The molecule has 10 heavy (non-hydrogen) atoms. The first-order chi connectivity index (χ1) is 4.66. The van der Waals surface area contributed by atoms with E-state index in [1.807, 2.05) is 6.92 Å². The monoisotopic (exact) mass is 145 g/mol. The van der Waals surface area contributed by atoms with Gasteiger partial charge in [0, 0.05) is 12.6 Å². The highest BCUT2D eigenvalue weighted by Gasteiger charge is 1.93. The Morgan fingerprint density at radius 3 is 2.70 bits per heavy atom. The molecule has 0 rings (SSSR count). The highest BCUT2D eigenvalue weighted by atomic mass is 19.1. The van der Waals surface area contributed by atoms with Crippen LogP contribution < -0.4 is 5.32 Å². The van der Waals surface area contributed by atoms with Crippen molar-refractivity contribution < 1.29 is 9.18 Å². The van der Waals surface area contributed by atoms with Gasteiger partial charge < -0.3 is 5.32 Å². The number of rotatable bonds is 3. The molecule has 0 unspecified atom stereocenters. The number of carbonyl (C=O) groups is 1. The Morgan fingerprint density at radius 1 is 1.70 bits per heavy atom. The van der Waals surface area contributed by atoms with Crippen LogP contribution >= 0.6 is 0 Å². The van der Waals surface area contributed by atoms with Crippen LogP contribution in [-0.2, 0) is 4.79 Å². The van der Waals surface area contributed by atoms with Gasteiger partial charge in [-0.1, -0.05) is 6.92 Å². The predicted molar refractivity (Wildman–Crippen MR) is 38.2 cm³/mol. The fourth-order valence-electron chi connectivity index (χ4n) is 0.480. The molecule has 3 heteroatoms. The van der Waals surface area contributed by atoms with Crippen LogP contribution in [0.15, 0.2) is 11.9 Å². The Morgan fingerprint density at radius 2 is 2.30 bits per heavy atom. The zero-order valence-electron chi connectivity index (χ0n) is 6.28. The van der Waals surface area contributed by atoms with Gasteiger partial charge in [0.05, 0.1) is 0 Å². The summed E-state index contributed by atoms with van der Waals surface area (Å²) in [5.74, 6) is -0.824. The van der Waals surface area contributed by atoms with Crippen LogP contribution in [0.5, 0.6) is 0 Å². The first-order valence-electron chi connectivity index (χ1n) is 3.28. The van der Waals surface area contributed by atoms with Crippen molar-refractivity contribution in [1.82, 2.24) is 5.32 Å². The molecule has 0 fully saturated rings. The molecular weight excluding hydrogens is 133 g/mol. The van der Waals surface area contributed by atoms with Gasteiger partial charge in [0.2, 0.25) is 5.91 Å². The number of hydrogen-bond donors (Lipinski definition) is 1. The molecule has 0 saturated heterocycles.